The minimum atomic E-state index is -3.84. The lowest BCUT2D eigenvalue weighted by Gasteiger charge is -2.17. The summed E-state index contributed by atoms with van der Waals surface area (Å²) in [6.45, 7) is 1.11. The van der Waals surface area contributed by atoms with Crippen LogP contribution in [0.4, 0.5) is 5.69 Å². The number of ketones is 1. The van der Waals surface area contributed by atoms with Gasteiger partial charge in [0, 0.05) is 34.9 Å². The number of fused-ring (bicyclic) bond motifs is 3. The van der Waals surface area contributed by atoms with Crippen LogP contribution in [0.15, 0.2) is 47.4 Å². The van der Waals surface area contributed by atoms with Gasteiger partial charge in [-0.05, 0) is 68.5 Å². The van der Waals surface area contributed by atoms with E-state index in [0.717, 1.165) is 40.9 Å². The first-order valence-electron chi connectivity index (χ1n) is 10.3. The van der Waals surface area contributed by atoms with Gasteiger partial charge in [0.1, 0.15) is 0 Å². The summed E-state index contributed by atoms with van der Waals surface area (Å²) in [5.41, 5.74) is 4.25. The molecule has 1 amide bonds. The van der Waals surface area contributed by atoms with Crippen molar-refractivity contribution >= 4 is 38.3 Å². The van der Waals surface area contributed by atoms with E-state index in [-0.39, 0.29) is 17.2 Å². The van der Waals surface area contributed by atoms with E-state index >= 15 is 0 Å². The molecule has 0 radical (unpaired) electrons. The highest BCUT2D eigenvalue weighted by atomic mass is 32.2. The number of aryl methyl sites for hydroxylation is 2. The van der Waals surface area contributed by atoms with Gasteiger partial charge in [0.25, 0.3) is 0 Å². The SMILES string of the molecule is CC(=O)c1cccc(NC(=O)CN(C)S(=O)(=O)c2ccc3[nH]c4c(c3c2)CCCC4)c1. The van der Waals surface area contributed by atoms with Crippen LogP contribution in [0.25, 0.3) is 10.9 Å². The fraction of sp³-hybridized carbons (Fsp3) is 0.304. The Bertz CT molecular complexity index is 1280. The van der Waals surface area contributed by atoms with Gasteiger partial charge in [0.05, 0.1) is 11.4 Å². The number of amides is 1. The molecule has 0 bridgehead atoms. The average molecular weight is 440 g/mol. The number of carbonyl (C=O) groups is 2. The van der Waals surface area contributed by atoms with Crippen molar-refractivity contribution in [1.82, 2.24) is 9.29 Å². The number of hydrogen-bond donors (Lipinski definition) is 2. The van der Waals surface area contributed by atoms with Crippen molar-refractivity contribution in [3.8, 4) is 0 Å². The van der Waals surface area contributed by atoms with E-state index in [1.807, 2.05) is 0 Å². The Hall–Kier alpha value is -2.97. The topological polar surface area (TPSA) is 99.3 Å². The molecule has 0 saturated carbocycles. The monoisotopic (exact) mass is 439 g/mol. The summed E-state index contributed by atoms with van der Waals surface area (Å²) in [7, 11) is -2.45. The summed E-state index contributed by atoms with van der Waals surface area (Å²) in [6.07, 6.45) is 4.16. The van der Waals surface area contributed by atoms with Crippen LogP contribution in [0.2, 0.25) is 0 Å². The molecule has 0 spiro atoms. The standard InChI is InChI=1S/C23H25N3O4S/c1-15(27)16-6-5-7-17(12-16)24-23(28)14-26(2)31(29,30)18-10-11-22-20(13-18)19-8-3-4-9-21(19)25-22/h5-7,10-13,25H,3-4,8-9,14H2,1-2H3,(H,24,28). The van der Waals surface area contributed by atoms with Crippen molar-refractivity contribution in [2.24, 2.45) is 0 Å². The van der Waals surface area contributed by atoms with E-state index in [2.05, 4.69) is 10.3 Å². The summed E-state index contributed by atoms with van der Waals surface area (Å²) in [4.78, 5) is 27.5. The number of nitrogens with zero attached hydrogens (tertiary/aromatic N) is 1. The van der Waals surface area contributed by atoms with Crippen LogP contribution in [0.5, 0.6) is 0 Å². The van der Waals surface area contributed by atoms with Crippen LogP contribution >= 0.6 is 0 Å². The summed E-state index contributed by atoms with van der Waals surface area (Å²) in [6, 6.07) is 11.6. The van der Waals surface area contributed by atoms with Gasteiger partial charge < -0.3 is 10.3 Å². The van der Waals surface area contributed by atoms with E-state index in [4.69, 9.17) is 0 Å². The van der Waals surface area contributed by atoms with E-state index in [9.17, 15) is 18.0 Å². The second-order valence-electron chi connectivity index (χ2n) is 7.94. The minimum Gasteiger partial charge on any atom is -0.358 e. The first-order valence-corrected chi connectivity index (χ1v) is 11.7. The third-order valence-electron chi connectivity index (χ3n) is 5.70. The van der Waals surface area contributed by atoms with E-state index < -0.39 is 15.9 Å². The van der Waals surface area contributed by atoms with Crippen molar-refractivity contribution in [2.75, 3.05) is 18.9 Å². The molecule has 3 aromatic rings. The Balaban J connectivity index is 1.52. The van der Waals surface area contributed by atoms with Crippen LogP contribution < -0.4 is 5.32 Å². The molecule has 0 aliphatic heterocycles. The number of H-pyrrole nitrogens is 1. The minimum absolute atomic E-state index is 0.113. The lowest BCUT2D eigenvalue weighted by atomic mass is 9.96. The van der Waals surface area contributed by atoms with Gasteiger partial charge >= 0.3 is 0 Å². The van der Waals surface area contributed by atoms with Crippen molar-refractivity contribution in [2.45, 2.75) is 37.5 Å². The number of hydrogen-bond acceptors (Lipinski definition) is 4. The van der Waals surface area contributed by atoms with Crippen LogP contribution in [-0.2, 0) is 27.7 Å². The number of nitrogens with one attached hydrogen (secondary N) is 2. The van der Waals surface area contributed by atoms with E-state index in [0.29, 0.717) is 11.3 Å². The Labute approximate surface area is 181 Å². The van der Waals surface area contributed by atoms with E-state index in [1.165, 1.54) is 25.2 Å². The molecule has 0 unspecified atom stereocenters. The third-order valence-corrected chi connectivity index (χ3v) is 7.50. The smallest absolute Gasteiger partial charge is 0.243 e. The quantitative estimate of drug-likeness (QED) is 0.574. The number of sulfonamides is 1. The highest BCUT2D eigenvalue weighted by Gasteiger charge is 2.25. The van der Waals surface area contributed by atoms with Crippen molar-refractivity contribution < 1.29 is 18.0 Å². The second-order valence-corrected chi connectivity index (χ2v) is 9.99. The lowest BCUT2D eigenvalue weighted by molar-refractivity contribution is -0.116. The van der Waals surface area contributed by atoms with Crippen molar-refractivity contribution in [3.05, 3.63) is 59.3 Å². The highest BCUT2D eigenvalue weighted by Crippen LogP contribution is 2.31. The zero-order valence-corrected chi connectivity index (χ0v) is 18.4. The number of benzene rings is 2. The maximum atomic E-state index is 13.1. The second kappa shape index (κ2) is 8.28. The molecule has 7 nitrogen and oxygen atoms in total. The van der Waals surface area contributed by atoms with Gasteiger partial charge in [-0.2, -0.15) is 4.31 Å². The molecule has 0 saturated heterocycles. The molecule has 2 aromatic carbocycles. The van der Waals surface area contributed by atoms with Gasteiger partial charge in [-0.3, -0.25) is 9.59 Å². The first-order chi connectivity index (χ1) is 14.8. The Morgan fingerprint density at radius 3 is 2.65 bits per heavy atom. The molecule has 0 fully saturated rings. The molecule has 1 aliphatic rings. The molecule has 1 aliphatic carbocycles. The molecule has 0 atom stereocenters. The van der Waals surface area contributed by atoms with Gasteiger partial charge in [0.15, 0.2) is 5.78 Å². The first kappa shape index (κ1) is 21.3. The molecule has 1 aromatic heterocycles. The molecular formula is C23H25N3O4S. The number of likely N-dealkylation sites (N-methyl/N-ethyl adjacent to an activating group) is 1. The molecule has 4 rings (SSSR count). The van der Waals surface area contributed by atoms with Crippen LogP contribution in [0.1, 0.15) is 41.4 Å². The van der Waals surface area contributed by atoms with Gasteiger partial charge in [-0.25, -0.2) is 8.42 Å². The highest BCUT2D eigenvalue weighted by molar-refractivity contribution is 7.89. The normalized spacial score (nSPS) is 13.9. The fourth-order valence-corrected chi connectivity index (χ4v) is 5.18. The molecule has 162 valence electrons. The average Bonchev–Trinajstić information content (AvgIpc) is 3.11. The largest absolute Gasteiger partial charge is 0.358 e. The molecule has 31 heavy (non-hydrogen) atoms. The number of Topliss-reactive ketones (excluding diaryl/α,β-unsaturated/α-hetero) is 1. The summed E-state index contributed by atoms with van der Waals surface area (Å²) in [5, 5.41) is 3.60. The maximum absolute atomic E-state index is 13.1. The lowest BCUT2D eigenvalue weighted by Crippen LogP contribution is -2.35. The number of carbonyl (C=O) groups excluding carboxylic acids is 2. The predicted octanol–water partition coefficient (Wildman–Crippen LogP) is 3.51. The zero-order chi connectivity index (χ0) is 22.2. The maximum Gasteiger partial charge on any atom is 0.243 e. The zero-order valence-electron chi connectivity index (χ0n) is 17.6. The molecule has 2 N–H and O–H groups in total. The Kier molecular flexibility index (Phi) is 5.68. The van der Waals surface area contributed by atoms with Crippen molar-refractivity contribution in [1.29, 1.82) is 0 Å². The molecule has 8 heteroatoms. The number of anilines is 1. The molecule has 1 heterocycles. The summed E-state index contributed by atoms with van der Waals surface area (Å²) < 4.78 is 27.2. The van der Waals surface area contributed by atoms with Crippen molar-refractivity contribution in [3.63, 3.8) is 0 Å². The van der Waals surface area contributed by atoms with Gasteiger partial charge in [-0.15, -0.1) is 0 Å². The number of aromatic amines is 1. The van der Waals surface area contributed by atoms with Gasteiger partial charge in [0.2, 0.25) is 15.9 Å². The summed E-state index contributed by atoms with van der Waals surface area (Å²) >= 11 is 0. The summed E-state index contributed by atoms with van der Waals surface area (Å²) in [5.74, 6) is -0.593. The number of rotatable bonds is 6. The number of aromatic nitrogens is 1. The van der Waals surface area contributed by atoms with Crippen LogP contribution in [-0.4, -0.2) is 43.0 Å². The predicted molar refractivity (Wildman–Crippen MR) is 120 cm³/mol. The third kappa shape index (κ3) is 4.26. The van der Waals surface area contributed by atoms with Crippen LogP contribution in [0, 0.1) is 0 Å². The van der Waals surface area contributed by atoms with E-state index in [1.54, 1.807) is 42.5 Å². The Morgan fingerprint density at radius 1 is 1.10 bits per heavy atom. The fourth-order valence-electron chi connectivity index (χ4n) is 4.03. The van der Waals surface area contributed by atoms with Crippen LogP contribution in [0.3, 0.4) is 0 Å². The van der Waals surface area contributed by atoms with Gasteiger partial charge in [-0.1, -0.05) is 12.1 Å². The Morgan fingerprint density at radius 2 is 1.87 bits per heavy atom. The molecular weight excluding hydrogens is 414 g/mol.